The standard InChI is InChI=1S/C34H57ClF3N7O3/c35-30-12-10-23(18-29(30)34(36,37)38)20-39-42-33(48)28-19-27(44-14-3-1-4-15-44)11-13-31(28)40-32(47)25-8-6-7-24(17-25)21-45-22-26(41-43-45)9-2-5-16-46/h20,23-31,41,43,46H,1-19,21-22H2,(H,40,47)(H,42,48)/b39-20+. The van der Waals surface area contributed by atoms with Crippen LogP contribution in [-0.4, -0.2) is 95.5 Å². The molecule has 0 radical (unpaired) electrons. The van der Waals surface area contributed by atoms with Gasteiger partial charge in [-0.15, -0.1) is 11.6 Å². The lowest BCUT2D eigenvalue weighted by atomic mass is 9.78. The second-order valence-electron chi connectivity index (χ2n) is 15.1. The number of unbranched alkanes of at least 4 members (excludes halogenated alkanes) is 1. The van der Waals surface area contributed by atoms with E-state index >= 15 is 0 Å². The van der Waals surface area contributed by atoms with Crippen molar-refractivity contribution in [3.05, 3.63) is 0 Å². The summed E-state index contributed by atoms with van der Waals surface area (Å²) in [5, 5.41) is 17.8. The van der Waals surface area contributed by atoms with Gasteiger partial charge in [-0.25, -0.2) is 15.9 Å². The first-order chi connectivity index (χ1) is 23.1. The van der Waals surface area contributed by atoms with Crippen molar-refractivity contribution >= 4 is 29.6 Å². The number of halogens is 4. The molecule has 2 amide bonds. The molecule has 9 atom stereocenters. The molecule has 2 saturated heterocycles. The van der Waals surface area contributed by atoms with Crippen LogP contribution in [0.25, 0.3) is 0 Å². The predicted octanol–water partition coefficient (Wildman–Crippen LogP) is 4.48. The molecule has 2 heterocycles. The molecule has 3 saturated carbocycles. The Kier molecular flexibility index (Phi) is 14.2. The van der Waals surface area contributed by atoms with Crippen molar-refractivity contribution in [1.29, 1.82) is 0 Å². The van der Waals surface area contributed by atoms with Gasteiger partial charge in [-0.05, 0) is 115 Å². The van der Waals surface area contributed by atoms with Crippen molar-refractivity contribution in [3.8, 4) is 0 Å². The zero-order chi connectivity index (χ0) is 34.1. The van der Waals surface area contributed by atoms with Crippen molar-refractivity contribution in [2.75, 3.05) is 32.8 Å². The summed E-state index contributed by atoms with van der Waals surface area (Å²) in [6.07, 6.45) is 10.0. The lowest BCUT2D eigenvalue weighted by molar-refractivity contribution is -0.182. The van der Waals surface area contributed by atoms with Gasteiger partial charge in [0.05, 0.1) is 11.8 Å². The number of likely N-dealkylation sites (tertiary alicyclic amines) is 1. The number of hydrazine groups is 2. The van der Waals surface area contributed by atoms with Gasteiger partial charge >= 0.3 is 6.18 Å². The summed E-state index contributed by atoms with van der Waals surface area (Å²) in [6, 6.07) is 0.307. The van der Waals surface area contributed by atoms with E-state index in [-0.39, 0.29) is 49.3 Å². The third kappa shape index (κ3) is 10.7. The molecule has 2 aliphatic heterocycles. The monoisotopic (exact) mass is 703 g/mol. The molecule has 0 aromatic heterocycles. The Bertz CT molecular complexity index is 1070. The van der Waals surface area contributed by atoms with Crippen LogP contribution in [0.5, 0.6) is 0 Å². The maximum atomic E-state index is 13.7. The fourth-order valence-corrected chi connectivity index (χ4v) is 9.16. The summed E-state index contributed by atoms with van der Waals surface area (Å²) in [5.74, 6) is -2.40. The highest BCUT2D eigenvalue weighted by molar-refractivity contribution is 6.20. The van der Waals surface area contributed by atoms with E-state index in [4.69, 9.17) is 16.7 Å². The predicted molar refractivity (Wildman–Crippen MR) is 180 cm³/mol. The Labute approximate surface area is 288 Å². The molecule has 48 heavy (non-hydrogen) atoms. The number of amides is 2. The minimum Gasteiger partial charge on any atom is -0.396 e. The third-order valence-corrected chi connectivity index (χ3v) is 12.1. The fourth-order valence-electron chi connectivity index (χ4n) is 8.79. The van der Waals surface area contributed by atoms with Crippen molar-refractivity contribution in [2.24, 2.45) is 34.7 Å². The van der Waals surface area contributed by atoms with Crippen molar-refractivity contribution in [2.45, 2.75) is 132 Å². The van der Waals surface area contributed by atoms with Crippen LogP contribution in [0.15, 0.2) is 5.10 Å². The van der Waals surface area contributed by atoms with Crippen LogP contribution in [-0.2, 0) is 9.59 Å². The largest absolute Gasteiger partial charge is 0.396 e. The molecule has 0 aromatic rings. The second-order valence-corrected chi connectivity index (χ2v) is 15.6. The number of hydrogen-bond donors (Lipinski definition) is 5. The average Bonchev–Trinajstić information content (AvgIpc) is 3.52. The fraction of sp³-hybridized carbons (Fsp3) is 0.912. The Morgan fingerprint density at radius 1 is 0.958 bits per heavy atom. The van der Waals surface area contributed by atoms with Gasteiger partial charge < -0.3 is 15.3 Å². The van der Waals surface area contributed by atoms with Gasteiger partial charge in [0.1, 0.15) is 0 Å². The molecular formula is C34H57ClF3N7O3. The second kappa shape index (κ2) is 18.1. The highest BCUT2D eigenvalue weighted by Crippen LogP contribution is 2.42. The number of aliphatic hydroxyl groups excluding tert-OH is 1. The quantitative estimate of drug-likeness (QED) is 0.0881. The molecule has 9 unspecified atom stereocenters. The summed E-state index contributed by atoms with van der Waals surface area (Å²) in [4.78, 5) is 29.8. The molecule has 3 aliphatic carbocycles. The number of carbonyl (C=O) groups is 2. The lowest BCUT2D eigenvalue weighted by Gasteiger charge is -2.42. The van der Waals surface area contributed by atoms with Gasteiger partial charge in [0.25, 0.3) is 0 Å². The summed E-state index contributed by atoms with van der Waals surface area (Å²) in [7, 11) is 0. The summed E-state index contributed by atoms with van der Waals surface area (Å²) in [6.45, 7) is 4.03. The maximum Gasteiger partial charge on any atom is 0.393 e. The smallest absolute Gasteiger partial charge is 0.393 e. The zero-order valence-electron chi connectivity index (χ0n) is 28.2. The average molecular weight is 704 g/mol. The molecule has 5 rings (SSSR count). The van der Waals surface area contributed by atoms with Gasteiger partial charge in [-0.1, -0.05) is 12.8 Å². The Hall–Kier alpha value is -1.51. The van der Waals surface area contributed by atoms with Gasteiger partial charge in [0.2, 0.25) is 11.8 Å². The molecule has 5 fully saturated rings. The van der Waals surface area contributed by atoms with Crippen LogP contribution < -0.4 is 21.7 Å². The van der Waals surface area contributed by atoms with E-state index in [1.807, 2.05) is 0 Å². The molecule has 274 valence electrons. The van der Waals surface area contributed by atoms with E-state index in [2.05, 4.69) is 36.7 Å². The number of aliphatic hydroxyl groups is 1. The van der Waals surface area contributed by atoms with E-state index in [0.29, 0.717) is 31.2 Å². The molecular weight excluding hydrogens is 647 g/mol. The molecule has 10 nitrogen and oxygen atoms in total. The molecule has 0 aromatic carbocycles. The highest BCUT2D eigenvalue weighted by atomic mass is 35.5. The van der Waals surface area contributed by atoms with Crippen molar-refractivity contribution in [1.82, 2.24) is 31.6 Å². The number of nitrogens with one attached hydrogen (secondary N) is 4. The Balaban J connectivity index is 1.15. The molecule has 5 N–H and O–H groups in total. The molecule has 0 spiro atoms. The van der Waals surface area contributed by atoms with E-state index in [1.165, 1.54) is 12.6 Å². The Morgan fingerprint density at radius 3 is 2.54 bits per heavy atom. The first-order valence-corrected chi connectivity index (χ1v) is 19.0. The summed E-state index contributed by atoms with van der Waals surface area (Å²) in [5.41, 5.74) is 9.29. The number of alkyl halides is 4. The summed E-state index contributed by atoms with van der Waals surface area (Å²) >= 11 is 5.99. The van der Waals surface area contributed by atoms with E-state index in [0.717, 1.165) is 90.4 Å². The van der Waals surface area contributed by atoms with Crippen LogP contribution in [0.2, 0.25) is 0 Å². The van der Waals surface area contributed by atoms with Crippen LogP contribution in [0.1, 0.15) is 103 Å². The number of hydrazone groups is 1. The number of piperidine rings is 1. The van der Waals surface area contributed by atoms with E-state index in [9.17, 15) is 22.8 Å². The topological polar surface area (TPSA) is 121 Å². The summed E-state index contributed by atoms with van der Waals surface area (Å²) < 4.78 is 40.4. The first-order valence-electron chi connectivity index (χ1n) is 18.6. The number of rotatable bonds is 12. The zero-order valence-corrected chi connectivity index (χ0v) is 29.0. The Morgan fingerprint density at radius 2 is 1.77 bits per heavy atom. The molecule has 14 heteroatoms. The van der Waals surface area contributed by atoms with E-state index < -0.39 is 29.3 Å². The minimum atomic E-state index is -4.36. The van der Waals surface area contributed by atoms with Crippen LogP contribution in [0.3, 0.4) is 0 Å². The molecule has 5 aliphatic rings. The van der Waals surface area contributed by atoms with E-state index in [1.54, 1.807) is 0 Å². The van der Waals surface area contributed by atoms with Gasteiger partial charge in [0.15, 0.2) is 0 Å². The number of carbonyl (C=O) groups excluding carboxylic acids is 2. The number of nitrogens with zero attached hydrogens (tertiary/aromatic N) is 3. The maximum absolute atomic E-state index is 13.7. The third-order valence-electron chi connectivity index (χ3n) is 11.5. The van der Waals surface area contributed by atoms with Crippen molar-refractivity contribution in [3.63, 3.8) is 0 Å². The van der Waals surface area contributed by atoms with Crippen molar-refractivity contribution < 1.29 is 27.9 Å². The number of hydrogen-bond acceptors (Lipinski definition) is 8. The van der Waals surface area contributed by atoms with Gasteiger partial charge in [-0.3, -0.25) is 9.59 Å². The van der Waals surface area contributed by atoms with Crippen LogP contribution in [0.4, 0.5) is 13.2 Å². The highest BCUT2D eigenvalue weighted by Gasteiger charge is 2.47. The van der Waals surface area contributed by atoms with Gasteiger partial charge in [0, 0.05) is 55.3 Å². The molecule has 0 bridgehead atoms. The SMILES string of the molecule is O=C(NC1CCC(N2CCCCC2)CC1C(=O)N/N=C/C1CCC(Cl)C(C(F)(F)F)C1)C1CCCC(CN2CC(CCCCO)NN2)C1. The first kappa shape index (κ1) is 37.7. The van der Waals surface area contributed by atoms with Crippen LogP contribution in [0, 0.1) is 29.6 Å². The normalized spacial score (nSPS) is 35.9. The lowest BCUT2D eigenvalue weighted by Crippen LogP contribution is -2.54. The minimum absolute atomic E-state index is 0.0211. The van der Waals surface area contributed by atoms with Gasteiger partial charge in [-0.2, -0.15) is 23.8 Å². The van der Waals surface area contributed by atoms with Crippen LogP contribution >= 0.6 is 11.6 Å².